The van der Waals surface area contributed by atoms with E-state index in [0.717, 1.165) is 5.56 Å². The Bertz CT molecular complexity index is 967. The monoisotopic (exact) mass is 365 g/mol. The quantitative estimate of drug-likeness (QED) is 0.671. The summed E-state index contributed by atoms with van der Waals surface area (Å²) < 4.78 is 1.42. The number of aliphatic hydroxyl groups is 1. The Morgan fingerprint density at radius 2 is 1.85 bits per heavy atom. The van der Waals surface area contributed by atoms with Crippen molar-refractivity contribution in [3.63, 3.8) is 0 Å². The van der Waals surface area contributed by atoms with Crippen LogP contribution >= 0.6 is 0 Å². The van der Waals surface area contributed by atoms with Crippen molar-refractivity contribution in [3.8, 4) is 0 Å². The summed E-state index contributed by atoms with van der Waals surface area (Å²) in [7, 11) is 0. The van der Waals surface area contributed by atoms with E-state index in [1.807, 2.05) is 42.5 Å². The highest BCUT2D eigenvalue weighted by Gasteiger charge is 2.16. The fourth-order valence-corrected chi connectivity index (χ4v) is 3.19. The zero-order chi connectivity index (χ0) is 19.2. The van der Waals surface area contributed by atoms with Crippen LogP contribution in [0.4, 0.5) is 0 Å². The molecule has 0 saturated heterocycles. The van der Waals surface area contributed by atoms with E-state index in [4.69, 9.17) is 0 Å². The lowest BCUT2D eigenvalue weighted by molar-refractivity contribution is -0.121. The molecular formula is C21H23N3O3. The Balaban J connectivity index is 1.72. The smallest absolute Gasteiger partial charge is 0.269 e. The number of nitrogens with zero attached hydrogens (tertiary/aromatic N) is 2. The summed E-state index contributed by atoms with van der Waals surface area (Å²) in [6.07, 6.45) is 1.30. The van der Waals surface area contributed by atoms with Gasteiger partial charge in [0.25, 0.3) is 5.56 Å². The van der Waals surface area contributed by atoms with Crippen molar-refractivity contribution in [3.05, 3.63) is 76.7 Å². The number of rotatable bonds is 7. The standard InChI is InChI=1S/C21H23N3O3/c1-15(25)11-17(16-7-3-2-4-8-16)12-23-20(26)14-24-19-10-6-5-9-18(19)22-13-21(24)27/h2-10,13,15,17,25H,11-12,14H2,1H3,(H,23,26)/t15-,17-/m1/s1. The number of nitrogens with one attached hydrogen (secondary N) is 1. The molecule has 3 rings (SSSR count). The zero-order valence-electron chi connectivity index (χ0n) is 15.2. The minimum Gasteiger partial charge on any atom is -0.393 e. The van der Waals surface area contributed by atoms with Crippen LogP contribution in [-0.4, -0.2) is 33.2 Å². The van der Waals surface area contributed by atoms with Crippen LogP contribution in [0.3, 0.4) is 0 Å². The van der Waals surface area contributed by atoms with E-state index in [1.165, 1.54) is 10.8 Å². The molecule has 0 bridgehead atoms. The van der Waals surface area contributed by atoms with Gasteiger partial charge in [0, 0.05) is 12.5 Å². The van der Waals surface area contributed by atoms with Crippen LogP contribution in [0.25, 0.3) is 11.0 Å². The molecule has 0 aliphatic heterocycles. The molecule has 140 valence electrons. The first-order chi connectivity index (χ1) is 13.0. The molecule has 0 aliphatic rings. The number of carbonyl (C=O) groups is 1. The molecule has 6 nitrogen and oxygen atoms in total. The summed E-state index contributed by atoms with van der Waals surface area (Å²) in [4.78, 5) is 28.7. The minimum absolute atomic E-state index is 0.000978. The molecule has 0 spiro atoms. The number of amides is 1. The fourth-order valence-electron chi connectivity index (χ4n) is 3.19. The van der Waals surface area contributed by atoms with Crippen LogP contribution in [0.1, 0.15) is 24.8 Å². The van der Waals surface area contributed by atoms with Crippen molar-refractivity contribution >= 4 is 16.9 Å². The second kappa shape index (κ2) is 8.60. The van der Waals surface area contributed by atoms with Crippen molar-refractivity contribution < 1.29 is 9.90 Å². The van der Waals surface area contributed by atoms with E-state index in [0.29, 0.717) is 24.0 Å². The summed E-state index contributed by atoms with van der Waals surface area (Å²) in [6.45, 7) is 2.06. The van der Waals surface area contributed by atoms with Gasteiger partial charge in [0.15, 0.2) is 0 Å². The summed E-state index contributed by atoms with van der Waals surface area (Å²) in [5, 5.41) is 12.7. The van der Waals surface area contributed by atoms with Gasteiger partial charge in [0.2, 0.25) is 5.91 Å². The zero-order valence-corrected chi connectivity index (χ0v) is 15.2. The fraction of sp³-hybridized carbons (Fsp3) is 0.286. The highest BCUT2D eigenvalue weighted by atomic mass is 16.3. The van der Waals surface area contributed by atoms with Crippen molar-refractivity contribution in [2.45, 2.75) is 31.9 Å². The van der Waals surface area contributed by atoms with Gasteiger partial charge in [0.1, 0.15) is 6.54 Å². The summed E-state index contributed by atoms with van der Waals surface area (Å²) in [6, 6.07) is 17.0. The number of hydrogen-bond donors (Lipinski definition) is 2. The molecule has 6 heteroatoms. The highest BCUT2D eigenvalue weighted by Crippen LogP contribution is 2.20. The molecule has 1 amide bonds. The van der Waals surface area contributed by atoms with Gasteiger partial charge in [-0.25, -0.2) is 4.98 Å². The first-order valence-electron chi connectivity index (χ1n) is 8.99. The molecule has 1 aromatic heterocycles. The first-order valence-corrected chi connectivity index (χ1v) is 8.99. The average molecular weight is 365 g/mol. The van der Waals surface area contributed by atoms with Crippen LogP contribution in [0.5, 0.6) is 0 Å². The minimum atomic E-state index is -0.473. The molecule has 0 aliphatic carbocycles. The number of fused-ring (bicyclic) bond motifs is 1. The number of hydrogen-bond acceptors (Lipinski definition) is 4. The van der Waals surface area contributed by atoms with Crippen LogP contribution < -0.4 is 10.9 Å². The van der Waals surface area contributed by atoms with E-state index >= 15 is 0 Å². The van der Waals surface area contributed by atoms with Gasteiger partial charge in [-0.3, -0.25) is 14.2 Å². The molecule has 0 radical (unpaired) electrons. The van der Waals surface area contributed by atoms with Gasteiger partial charge in [0.05, 0.1) is 23.3 Å². The highest BCUT2D eigenvalue weighted by molar-refractivity contribution is 5.79. The summed E-state index contributed by atoms with van der Waals surface area (Å²) in [5.74, 6) is -0.249. The molecule has 1 heterocycles. The van der Waals surface area contributed by atoms with Crippen LogP contribution in [0, 0.1) is 0 Å². The Morgan fingerprint density at radius 3 is 2.59 bits per heavy atom. The first kappa shape index (κ1) is 18.8. The number of para-hydroxylation sites is 2. The maximum absolute atomic E-state index is 12.5. The molecule has 3 aromatic rings. The van der Waals surface area contributed by atoms with Gasteiger partial charge in [-0.15, -0.1) is 0 Å². The average Bonchev–Trinajstić information content (AvgIpc) is 2.68. The Hall–Kier alpha value is -2.99. The molecule has 27 heavy (non-hydrogen) atoms. The number of aromatic nitrogens is 2. The van der Waals surface area contributed by atoms with Crippen LogP contribution in [0.15, 0.2) is 65.6 Å². The van der Waals surface area contributed by atoms with Crippen LogP contribution in [0.2, 0.25) is 0 Å². The summed E-state index contributed by atoms with van der Waals surface area (Å²) in [5.41, 5.74) is 2.04. The normalized spacial score (nSPS) is 13.3. The molecule has 2 N–H and O–H groups in total. The largest absolute Gasteiger partial charge is 0.393 e. The summed E-state index contributed by atoms with van der Waals surface area (Å²) >= 11 is 0. The number of aliphatic hydroxyl groups excluding tert-OH is 1. The van der Waals surface area contributed by atoms with Gasteiger partial charge in [-0.1, -0.05) is 42.5 Å². The van der Waals surface area contributed by atoms with Crippen molar-refractivity contribution in [1.29, 1.82) is 0 Å². The van der Waals surface area contributed by atoms with E-state index in [-0.39, 0.29) is 23.9 Å². The molecular weight excluding hydrogens is 342 g/mol. The molecule has 0 saturated carbocycles. The third-order valence-corrected chi connectivity index (χ3v) is 4.50. The SMILES string of the molecule is C[C@@H](O)C[C@H](CNC(=O)Cn1c(=O)cnc2ccccc21)c1ccccc1. The topological polar surface area (TPSA) is 84.2 Å². The van der Waals surface area contributed by atoms with E-state index in [2.05, 4.69) is 10.3 Å². The predicted molar refractivity (Wildman–Crippen MR) is 104 cm³/mol. The number of benzene rings is 2. The Kier molecular flexibility index (Phi) is 5.98. The van der Waals surface area contributed by atoms with Gasteiger partial charge >= 0.3 is 0 Å². The van der Waals surface area contributed by atoms with Crippen molar-refractivity contribution in [2.75, 3.05) is 6.54 Å². The van der Waals surface area contributed by atoms with Gasteiger partial charge < -0.3 is 10.4 Å². The maximum Gasteiger partial charge on any atom is 0.269 e. The second-order valence-corrected chi connectivity index (χ2v) is 6.67. The maximum atomic E-state index is 12.5. The van der Waals surface area contributed by atoms with Crippen molar-refractivity contribution in [1.82, 2.24) is 14.9 Å². The lowest BCUT2D eigenvalue weighted by Crippen LogP contribution is -2.35. The molecule has 0 unspecified atom stereocenters. The Labute approximate surface area is 157 Å². The predicted octanol–water partition coefficient (Wildman–Crippen LogP) is 2.07. The van der Waals surface area contributed by atoms with Crippen LogP contribution in [-0.2, 0) is 11.3 Å². The molecule has 2 atom stereocenters. The Morgan fingerprint density at radius 1 is 1.15 bits per heavy atom. The third-order valence-electron chi connectivity index (χ3n) is 4.50. The van der Waals surface area contributed by atoms with E-state index in [1.54, 1.807) is 19.1 Å². The van der Waals surface area contributed by atoms with E-state index < -0.39 is 6.10 Å². The van der Waals surface area contributed by atoms with Gasteiger partial charge in [-0.2, -0.15) is 0 Å². The molecule has 2 aromatic carbocycles. The second-order valence-electron chi connectivity index (χ2n) is 6.67. The van der Waals surface area contributed by atoms with Gasteiger partial charge in [-0.05, 0) is 31.0 Å². The molecule has 0 fully saturated rings. The third kappa shape index (κ3) is 4.80. The van der Waals surface area contributed by atoms with E-state index in [9.17, 15) is 14.7 Å². The number of carbonyl (C=O) groups excluding carboxylic acids is 1. The lowest BCUT2D eigenvalue weighted by Gasteiger charge is -2.20. The van der Waals surface area contributed by atoms with Crippen molar-refractivity contribution in [2.24, 2.45) is 0 Å². The lowest BCUT2D eigenvalue weighted by atomic mass is 9.93.